The highest BCUT2D eigenvalue weighted by molar-refractivity contribution is 14.1. The zero-order valence-electron chi connectivity index (χ0n) is 13.0. The minimum absolute atomic E-state index is 0.0337. The second-order valence-corrected chi connectivity index (χ2v) is 6.87. The maximum atomic E-state index is 6.16. The van der Waals surface area contributed by atoms with E-state index in [0.29, 0.717) is 17.0 Å². The molecule has 0 saturated carbocycles. The minimum Gasteiger partial charge on any atom is -0.479 e. The van der Waals surface area contributed by atoms with Crippen LogP contribution in [0.5, 0.6) is 5.88 Å². The Hall–Kier alpha value is -1.04. The predicted octanol–water partition coefficient (Wildman–Crippen LogP) is 1.69. The number of hydrogen-bond donors (Lipinski definition) is 0. The van der Waals surface area contributed by atoms with E-state index in [1.807, 2.05) is 18.4 Å². The smallest absolute Gasteiger partial charge is 0.245 e. The summed E-state index contributed by atoms with van der Waals surface area (Å²) in [6.45, 7) is 3.84. The van der Waals surface area contributed by atoms with Gasteiger partial charge in [0, 0.05) is 4.43 Å². The molecule has 2 aliphatic heterocycles. The number of ether oxygens (including phenoxy) is 4. The van der Waals surface area contributed by atoms with Crippen molar-refractivity contribution < 1.29 is 18.9 Å². The van der Waals surface area contributed by atoms with Crippen molar-refractivity contribution in [3.05, 3.63) is 12.7 Å². The summed E-state index contributed by atoms with van der Waals surface area (Å²) < 4.78 is 26.2. The molecule has 0 radical (unpaired) electrons. The zero-order valence-corrected chi connectivity index (χ0v) is 15.1. The Morgan fingerprint density at radius 3 is 2.78 bits per heavy atom. The van der Waals surface area contributed by atoms with E-state index in [1.165, 1.54) is 6.33 Å². The number of fused-ring (bicyclic) bond motifs is 2. The Labute approximate surface area is 146 Å². The molecule has 0 aromatic carbocycles. The first kappa shape index (κ1) is 15.5. The van der Waals surface area contributed by atoms with Gasteiger partial charge in [-0.3, -0.25) is 4.57 Å². The molecule has 0 spiro atoms. The van der Waals surface area contributed by atoms with Crippen LogP contribution in [0.15, 0.2) is 12.7 Å². The van der Waals surface area contributed by atoms with Crippen LogP contribution in [0.4, 0.5) is 0 Å². The van der Waals surface area contributed by atoms with E-state index >= 15 is 0 Å². The maximum absolute atomic E-state index is 6.16. The topological polar surface area (TPSA) is 80.5 Å². The van der Waals surface area contributed by atoms with E-state index in [1.54, 1.807) is 13.4 Å². The third kappa shape index (κ3) is 2.41. The van der Waals surface area contributed by atoms with Gasteiger partial charge in [0.2, 0.25) is 5.88 Å². The van der Waals surface area contributed by atoms with Gasteiger partial charge in [-0.25, -0.2) is 9.97 Å². The number of hydrogen-bond acceptors (Lipinski definition) is 7. The number of imidazole rings is 1. The van der Waals surface area contributed by atoms with Gasteiger partial charge in [-0.2, -0.15) is 4.98 Å². The number of methoxy groups -OCH3 is 1. The van der Waals surface area contributed by atoms with Crippen LogP contribution in [0.1, 0.15) is 20.1 Å². The highest BCUT2D eigenvalue weighted by Gasteiger charge is 2.55. The van der Waals surface area contributed by atoms with Gasteiger partial charge in [-0.05, 0) is 13.8 Å². The van der Waals surface area contributed by atoms with E-state index in [-0.39, 0.29) is 24.5 Å². The molecule has 2 aromatic rings. The number of halogens is 1. The molecule has 4 atom stereocenters. The summed E-state index contributed by atoms with van der Waals surface area (Å²) >= 11 is 2.30. The molecule has 23 heavy (non-hydrogen) atoms. The molecular weight excluding hydrogens is 415 g/mol. The van der Waals surface area contributed by atoms with Crippen molar-refractivity contribution in [2.75, 3.05) is 11.5 Å². The fraction of sp³-hybridized carbons (Fsp3) is 0.643. The van der Waals surface area contributed by atoms with Crippen molar-refractivity contribution in [2.45, 2.75) is 44.2 Å². The number of alkyl halides is 1. The lowest BCUT2D eigenvalue weighted by Crippen LogP contribution is -2.30. The lowest BCUT2D eigenvalue weighted by atomic mass is 10.1. The molecule has 2 aliphatic rings. The van der Waals surface area contributed by atoms with Crippen LogP contribution in [0.3, 0.4) is 0 Å². The Morgan fingerprint density at radius 1 is 1.26 bits per heavy atom. The van der Waals surface area contributed by atoms with Crippen molar-refractivity contribution in [2.24, 2.45) is 0 Å². The van der Waals surface area contributed by atoms with Crippen LogP contribution in [0.25, 0.3) is 11.2 Å². The monoisotopic (exact) mass is 432 g/mol. The number of aromatic nitrogens is 4. The molecule has 124 valence electrons. The summed E-state index contributed by atoms with van der Waals surface area (Å²) in [5, 5.41) is 0. The molecule has 2 aromatic heterocycles. The van der Waals surface area contributed by atoms with Gasteiger partial charge in [0.25, 0.3) is 0 Å². The Balaban J connectivity index is 1.76. The average Bonchev–Trinajstić information content (AvgIpc) is 3.17. The second kappa shape index (κ2) is 5.50. The first-order valence-electron chi connectivity index (χ1n) is 7.32. The molecule has 4 heterocycles. The molecule has 0 amide bonds. The molecular formula is C14H17IN4O4. The van der Waals surface area contributed by atoms with Crippen molar-refractivity contribution in [1.82, 2.24) is 19.5 Å². The van der Waals surface area contributed by atoms with Crippen LogP contribution in [0.2, 0.25) is 0 Å². The molecule has 0 N–H and O–H groups in total. The molecule has 0 bridgehead atoms. The summed E-state index contributed by atoms with van der Waals surface area (Å²) in [6, 6.07) is 0. The van der Waals surface area contributed by atoms with Gasteiger partial charge < -0.3 is 18.9 Å². The zero-order chi connectivity index (χ0) is 16.2. The molecule has 2 saturated heterocycles. The van der Waals surface area contributed by atoms with Crippen molar-refractivity contribution in [3.63, 3.8) is 0 Å². The third-order valence-electron chi connectivity index (χ3n) is 4.07. The van der Waals surface area contributed by atoms with E-state index in [0.717, 1.165) is 4.43 Å². The van der Waals surface area contributed by atoms with Gasteiger partial charge >= 0.3 is 0 Å². The van der Waals surface area contributed by atoms with E-state index in [2.05, 4.69) is 37.5 Å². The second-order valence-electron chi connectivity index (χ2n) is 5.99. The number of rotatable bonds is 3. The summed E-state index contributed by atoms with van der Waals surface area (Å²) in [4.78, 5) is 12.8. The van der Waals surface area contributed by atoms with Crippen molar-refractivity contribution in [3.8, 4) is 5.88 Å². The Kier molecular flexibility index (Phi) is 3.70. The first-order valence-corrected chi connectivity index (χ1v) is 8.85. The Morgan fingerprint density at radius 2 is 2.04 bits per heavy atom. The normalized spacial score (nSPS) is 32.3. The van der Waals surface area contributed by atoms with Gasteiger partial charge in [-0.1, -0.05) is 22.6 Å². The van der Waals surface area contributed by atoms with Crippen molar-refractivity contribution >= 4 is 33.8 Å². The fourth-order valence-corrected chi connectivity index (χ4v) is 3.88. The van der Waals surface area contributed by atoms with Gasteiger partial charge in [0.15, 0.2) is 23.2 Å². The Bertz CT molecular complexity index is 737. The standard InChI is InChI=1S/C14H17IN4O4/c1-14(2)22-9-7(4-15)21-13(10(9)23-14)19-6-18-8-11(19)16-5-17-12(8)20-3/h5-7,9-10,13H,4H2,1-3H3/t7-,9-,10-,13-/m1/s1. The highest BCUT2D eigenvalue weighted by atomic mass is 127. The average molecular weight is 432 g/mol. The van der Waals surface area contributed by atoms with Crippen LogP contribution in [0, 0.1) is 0 Å². The van der Waals surface area contributed by atoms with Crippen LogP contribution >= 0.6 is 22.6 Å². The summed E-state index contributed by atoms with van der Waals surface area (Å²) in [7, 11) is 1.56. The molecule has 0 unspecified atom stereocenters. The lowest BCUT2D eigenvalue weighted by molar-refractivity contribution is -0.193. The van der Waals surface area contributed by atoms with Gasteiger partial charge in [-0.15, -0.1) is 0 Å². The van der Waals surface area contributed by atoms with Gasteiger partial charge in [0.1, 0.15) is 18.5 Å². The van der Waals surface area contributed by atoms with E-state index < -0.39 is 5.79 Å². The molecule has 8 nitrogen and oxygen atoms in total. The lowest BCUT2D eigenvalue weighted by Gasteiger charge is -2.24. The van der Waals surface area contributed by atoms with Crippen LogP contribution in [-0.4, -0.2) is 55.2 Å². The summed E-state index contributed by atoms with van der Waals surface area (Å²) in [5.41, 5.74) is 1.26. The highest BCUT2D eigenvalue weighted by Crippen LogP contribution is 2.44. The van der Waals surface area contributed by atoms with E-state index in [4.69, 9.17) is 18.9 Å². The quantitative estimate of drug-likeness (QED) is 0.540. The first-order chi connectivity index (χ1) is 11.0. The van der Waals surface area contributed by atoms with Crippen molar-refractivity contribution in [1.29, 1.82) is 0 Å². The molecule has 9 heteroatoms. The molecule has 0 aliphatic carbocycles. The summed E-state index contributed by atoms with van der Waals surface area (Å²) in [6.07, 6.45) is 2.46. The van der Waals surface area contributed by atoms with Gasteiger partial charge in [0.05, 0.1) is 19.5 Å². The predicted molar refractivity (Wildman–Crippen MR) is 88.5 cm³/mol. The molecule has 4 rings (SSSR count). The third-order valence-corrected chi connectivity index (χ3v) is 4.94. The fourth-order valence-electron chi connectivity index (χ4n) is 3.17. The van der Waals surface area contributed by atoms with E-state index in [9.17, 15) is 0 Å². The molecule has 2 fully saturated rings. The maximum Gasteiger partial charge on any atom is 0.245 e. The minimum atomic E-state index is -0.621. The number of nitrogens with zero attached hydrogens (tertiary/aromatic N) is 4. The SMILES string of the molecule is COc1ncnc2c1ncn2[C@@H]1O[C@H](CI)[C@H]2OC(C)(C)O[C@H]21. The van der Waals surface area contributed by atoms with Crippen LogP contribution < -0.4 is 4.74 Å². The van der Waals surface area contributed by atoms with Crippen LogP contribution in [-0.2, 0) is 14.2 Å². The largest absolute Gasteiger partial charge is 0.479 e. The summed E-state index contributed by atoms with van der Waals surface area (Å²) in [5.74, 6) is -0.178.